The highest BCUT2D eigenvalue weighted by atomic mass is 16.6. The first-order valence-electron chi connectivity index (χ1n) is 11.6. The molecule has 1 aliphatic rings. The van der Waals surface area contributed by atoms with E-state index >= 15 is 0 Å². The number of hydrogen-bond acceptors (Lipinski definition) is 6. The van der Waals surface area contributed by atoms with Crippen molar-refractivity contribution in [2.45, 2.75) is 97.0 Å². The monoisotopic (exact) mass is 424 g/mol. The minimum Gasteiger partial charge on any atom is -0.465 e. The third kappa shape index (κ3) is 8.49. The number of carbonyl (C=O) groups is 3. The van der Waals surface area contributed by atoms with Crippen molar-refractivity contribution in [2.24, 2.45) is 11.8 Å². The molecular formula is C24H40O6. The van der Waals surface area contributed by atoms with Gasteiger partial charge in [0.05, 0.1) is 13.2 Å². The lowest BCUT2D eigenvalue weighted by molar-refractivity contribution is -0.198. The predicted molar refractivity (Wildman–Crippen MR) is 116 cm³/mol. The van der Waals surface area contributed by atoms with Crippen LogP contribution >= 0.6 is 0 Å². The first-order chi connectivity index (χ1) is 14.4. The minimum atomic E-state index is -1.62. The second kappa shape index (κ2) is 14.2. The Morgan fingerprint density at radius 3 is 2.40 bits per heavy atom. The van der Waals surface area contributed by atoms with Crippen LogP contribution in [-0.2, 0) is 28.6 Å². The van der Waals surface area contributed by atoms with E-state index in [-0.39, 0.29) is 19.6 Å². The Balaban J connectivity index is 2.80. The third-order valence-electron chi connectivity index (χ3n) is 5.60. The van der Waals surface area contributed by atoms with Crippen LogP contribution in [0.4, 0.5) is 0 Å². The Kier molecular flexibility index (Phi) is 12.4. The van der Waals surface area contributed by atoms with Gasteiger partial charge in [-0.2, -0.15) is 0 Å². The lowest BCUT2D eigenvalue weighted by atomic mass is 9.75. The van der Waals surface area contributed by atoms with E-state index in [1.807, 2.05) is 13.8 Å². The quantitative estimate of drug-likeness (QED) is 0.166. The first kappa shape index (κ1) is 26.2. The van der Waals surface area contributed by atoms with Crippen molar-refractivity contribution >= 4 is 17.9 Å². The Morgan fingerprint density at radius 1 is 1.03 bits per heavy atom. The molecule has 0 spiro atoms. The molecule has 0 aliphatic heterocycles. The fourth-order valence-corrected chi connectivity index (χ4v) is 3.75. The summed E-state index contributed by atoms with van der Waals surface area (Å²) < 4.78 is 16.5. The fraction of sp³-hybridized carbons (Fsp3) is 0.792. The van der Waals surface area contributed by atoms with E-state index in [1.54, 1.807) is 0 Å². The molecule has 2 unspecified atom stereocenters. The summed E-state index contributed by atoms with van der Waals surface area (Å²) in [4.78, 5) is 37.9. The maximum atomic E-state index is 13.1. The maximum Gasteiger partial charge on any atom is 0.351 e. The van der Waals surface area contributed by atoms with Gasteiger partial charge in [-0.1, -0.05) is 65.9 Å². The number of hydrogen-bond donors (Lipinski definition) is 0. The van der Waals surface area contributed by atoms with Crippen LogP contribution in [-0.4, -0.2) is 36.7 Å². The van der Waals surface area contributed by atoms with Crippen LogP contribution in [0.5, 0.6) is 0 Å². The second-order valence-corrected chi connectivity index (χ2v) is 8.57. The molecule has 6 nitrogen and oxygen atoms in total. The van der Waals surface area contributed by atoms with Gasteiger partial charge < -0.3 is 14.2 Å². The van der Waals surface area contributed by atoms with Gasteiger partial charge in [-0.25, -0.2) is 9.59 Å². The van der Waals surface area contributed by atoms with Gasteiger partial charge >= 0.3 is 17.9 Å². The number of carbonyl (C=O) groups excluding carboxylic acids is 3. The Labute approximate surface area is 181 Å². The van der Waals surface area contributed by atoms with E-state index in [1.165, 1.54) is 19.3 Å². The first-order valence-corrected chi connectivity index (χ1v) is 11.6. The van der Waals surface area contributed by atoms with Gasteiger partial charge in [-0.15, -0.1) is 0 Å². The summed E-state index contributed by atoms with van der Waals surface area (Å²) in [6, 6.07) is 0. The minimum absolute atomic E-state index is 0.256. The molecule has 1 saturated carbocycles. The summed E-state index contributed by atoms with van der Waals surface area (Å²) in [6.07, 6.45) is 10.3. The lowest BCUT2D eigenvalue weighted by Gasteiger charge is -2.39. The van der Waals surface area contributed by atoms with Crippen LogP contribution in [0.2, 0.25) is 0 Å². The number of ether oxygens (including phenoxy) is 3. The smallest absolute Gasteiger partial charge is 0.351 e. The van der Waals surface area contributed by atoms with E-state index in [0.29, 0.717) is 18.8 Å². The third-order valence-corrected chi connectivity index (χ3v) is 5.60. The molecule has 0 bridgehead atoms. The summed E-state index contributed by atoms with van der Waals surface area (Å²) in [5, 5.41) is 0. The fourth-order valence-electron chi connectivity index (χ4n) is 3.75. The lowest BCUT2D eigenvalue weighted by Crippen LogP contribution is -2.55. The molecule has 30 heavy (non-hydrogen) atoms. The highest BCUT2D eigenvalue weighted by molar-refractivity contribution is 5.92. The Hall–Kier alpha value is -1.85. The van der Waals surface area contributed by atoms with Crippen molar-refractivity contribution in [1.29, 1.82) is 0 Å². The van der Waals surface area contributed by atoms with E-state index in [0.717, 1.165) is 38.2 Å². The molecule has 0 aromatic rings. The second-order valence-electron chi connectivity index (χ2n) is 8.57. The predicted octanol–water partition coefficient (Wildman–Crippen LogP) is 5.14. The molecule has 1 fully saturated rings. The van der Waals surface area contributed by atoms with E-state index in [2.05, 4.69) is 13.5 Å². The highest BCUT2D eigenvalue weighted by Crippen LogP contribution is 2.39. The van der Waals surface area contributed by atoms with Crippen LogP contribution < -0.4 is 0 Å². The molecule has 0 heterocycles. The number of unbranched alkanes of at least 4 members (excludes halogenated alkanes) is 5. The van der Waals surface area contributed by atoms with Gasteiger partial charge in [0.25, 0.3) is 0 Å². The average molecular weight is 425 g/mol. The van der Waals surface area contributed by atoms with Crippen LogP contribution in [0, 0.1) is 11.8 Å². The average Bonchev–Trinajstić information content (AvgIpc) is 2.72. The van der Waals surface area contributed by atoms with Crippen LogP contribution in [0.3, 0.4) is 0 Å². The zero-order valence-corrected chi connectivity index (χ0v) is 19.1. The van der Waals surface area contributed by atoms with Gasteiger partial charge in [0.15, 0.2) is 0 Å². The zero-order chi connectivity index (χ0) is 22.4. The van der Waals surface area contributed by atoms with Gasteiger partial charge in [0.2, 0.25) is 5.60 Å². The van der Waals surface area contributed by atoms with Crippen molar-refractivity contribution in [3.8, 4) is 0 Å². The van der Waals surface area contributed by atoms with Gasteiger partial charge in [0, 0.05) is 6.08 Å². The SMILES string of the molecule is C=CC(=O)OC1(C(=O)OCCCCCCCC)CCCCC1C(=O)OCCC(C)C. The van der Waals surface area contributed by atoms with Crippen LogP contribution in [0.25, 0.3) is 0 Å². The van der Waals surface area contributed by atoms with Gasteiger partial charge in [-0.3, -0.25) is 4.79 Å². The largest absolute Gasteiger partial charge is 0.465 e. The molecule has 2 atom stereocenters. The molecule has 0 aromatic carbocycles. The summed E-state index contributed by atoms with van der Waals surface area (Å²) in [5.41, 5.74) is -1.62. The molecule has 0 saturated heterocycles. The molecule has 6 heteroatoms. The Bertz CT molecular complexity index is 556. The van der Waals surface area contributed by atoms with Crippen molar-refractivity contribution in [1.82, 2.24) is 0 Å². The van der Waals surface area contributed by atoms with Crippen LogP contribution in [0.15, 0.2) is 12.7 Å². The summed E-state index contributed by atoms with van der Waals surface area (Å²) in [7, 11) is 0. The van der Waals surface area contributed by atoms with Crippen molar-refractivity contribution in [3.05, 3.63) is 12.7 Å². The molecule has 0 aromatic heterocycles. The molecule has 0 N–H and O–H groups in total. The van der Waals surface area contributed by atoms with E-state index in [9.17, 15) is 14.4 Å². The van der Waals surface area contributed by atoms with Crippen LogP contribution in [0.1, 0.15) is 91.4 Å². The Morgan fingerprint density at radius 2 is 1.73 bits per heavy atom. The van der Waals surface area contributed by atoms with E-state index in [4.69, 9.17) is 14.2 Å². The molecule has 1 aliphatic carbocycles. The molecule has 0 amide bonds. The summed E-state index contributed by atoms with van der Waals surface area (Å²) in [6.45, 7) is 10.2. The molecular weight excluding hydrogens is 384 g/mol. The standard InChI is InChI=1S/C24H40O6/c1-5-7-8-9-10-13-17-29-23(27)24(30-21(25)6-2)16-12-11-14-20(24)22(26)28-18-15-19(3)4/h6,19-20H,2,5,7-18H2,1,3-4H3. The summed E-state index contributed by atoms with van der Waals surface area (Å²) in [5.74, 6) is -2.32. The topological polar surface area (TPSA) is 78.9 Å². The van der Waals surface area contributed by atoms with Gasteiger partial charge in [-0.05, 0) is 38.0 Å². The highest BCUT2D eigenvalue weighted by Gasteiger charge is 2.55. The van der Waals surface area contributed by atoms with E-state index < -0.39 is 29.4 Å². The zero-order valence-electron chi connectivity index (χ0n) is 19.1. The molecule has 1 rings (SSSR count). The molecule has 172 valence electrons. The maximum absolute atomic E-state index is 13.1. The van der Waals surface area contributed by atoms with Crippen molar-refractivity contribution in [2.75, 3.05) is 13.2 Å². The van der Waals surface area contributed by atoms with Crippen molar-refractivity contribution < 1.29 is 28.6 Å². The normalized spacial score (nSPS) is 21.1. The summed E-state index contributed by atoms with van der Waals surface area (Å²) >= 11 is 0. The molecule has 0 radical (unpaired) electrons. The van der Waals surface area contributed by atoms with Crippen molar-refractivity contribution in [3.63, 3.8) is 0 Å². The number of rotatable bonds is 14. The number of esters is 3. The van der Waals surface area contributed by atoms with Gasteiger partial charge in [0.1, 0.15) is 5.92 Å².